The van der Waals surface area contributed by atoms with Gasteiger partial charge in [-0.2, -0.15) is 5.10 Å². The lowest BCUT2D eigenvalue weighted by Gasteiger charge is -2.22. The van der Waals surface area contributed by atoms with Gasteiger partial charge in [0.15, 0.2) is 5.65 Å². The zero-order valence-corrected chi connectivity index (χ0v) is 17.7. The molecule has 1 saturated heterocycles. The number of piperidine rings is 1. The SMILES string of the molecule is C#Cc1cccc(Oc2ccc(-c3nn(C[C@@H]4CCCNC4)c4ncnc(N)c34)cc2)c1. The van der Waals surface area contributed by atoms with E-state index in [2.05, 4.69) is 21.2 Å². The highest BCUT2D eigenvalue weighted by Crippen LogP contribution is 2.32. The Kier molecular flexibility index (Phi) is 5.44. The molecule has 2 aromatic heterocycles. The highest BCUT2D eigenvalue weighted by atomic mass is 16.5. The summed E-state index contributed by atoms with van der Waals surface area (Å²) >= 11 is 0. The second-order valence-corrected chi connectivity index (χ2v) is 8.00. The molecule has 5 rings (SSSR count). The Morgan fingerprint density at radius 2 is 2.03 bits per heavy atom. The minimum Gasteiger partial charge on any atom is -0.457 e. The largest absolute Gasteiger partial charge is 0.457 e. The van der Waals surface area contributed by atoms with Crippen molar-refractivity contribution in [1.29, 1.82) is 0 Å². The van der Waals surface area contributed by atoms with Crippen LogP contribution in [0.2, 0.25) is 0 Å². The third-order valence-corrected chi connectivity index (χ3v) is 5.75. The summed E-state index contributed by atoms with van der Waals surface area (Å²) in [6.45, 7) is 2.87. The van der Waals surface area contributed by atoms with E-state index in [9.17, 15) is 0 Å². The monoisotopic (exact) mass is 424 g/mol. The summed E-state index contributed by atoms with van der Waals surface area (Å²) in [6.07, 6.45) is 9.33. The molecule has 1 aliphatic rings. The lowest BCUT2D eigenvalue weighted by Crippen LogP contribution is -2.32. The zero-order valence-electron chi connectivity index (χ0n) is 17.7. The van der Waals surface area contributed by atoms with Crippen LogP contribution in [0.5, 0.6) is 11.5 Å². The molecule has 0 radical (unpaired) electrons. The number of hydrogen-bond acceptors (Lipinski definition) is 6. The van der Waals surface area contributed by atoms with Crippen LogP contribution in [-0.2, 0) is 6.54 Å². The third kappa shape index (κ3) is 4.01. The molecule has 0 aliphatic carbocycles. The molecule has 0 unspecified atom stereocenters. The van der Waals surface area contributed by atoms with Gasteiger partial charge in [0.05, 0.1) is 5.39 Å². The second-order valence-electron chi connectivity index (χ2n) is 8.00. The zero-order chi connectivity index (χ0) is 21.9. The van der Waals surface area contributed by atoms with Crippen molar-refractivity contribution in [3.05, 3.63) is 60.4 Å². The average molecular weight is 425 g/mol. The predicted octanol–water partition coefficient (Wildman–Crippen LogP) is 3.85. The molecule has 7 nitrogen and oxygen atoms in total. The van der Waals surface area contributed by atoms with Gasteiger partial charge >= 0.3 is 0 Å². The van der Waals surface area contributed by atoms with Crippen LogP contribution in [0.15, 0.2) is 54.9 Å². The van der Waals surface area contributed by atoms with Crippen LogP contribution in [0.4, 0.5) is 5.82 Å². The summed E-state index contributed by atoms with van der Waals surface area (Å²) in [5, 5.41) is 9.14. The normalized spacial score (nSPS) is 16.0. The fourth-order valence-electron chi connectivity index (χ4n) is 4.15. The highest BCUT2D eigenvalue weighted by molar-refractivity contribution is 5.98. The molecule has 0 amide bonds. The molecule has 1 aliphatic heterocycles. The van der Waals surface area contributed by atoms with Crippen molar-refractivity contribution in [2.45, 2.75) is 19.4 Å². The van der Waals surface area contributed by atoms with E-state index in [1.54, 1.807) is 0 Å². The molecule has 0 saturated carbocycles. The average Bonchev–Trinajstić information content (AvgIpc) is 3.20. The summed E-state index contributed by atoms with van der Waals surface area (Å²) in [6, 6.07) is 15.2. The molecule has 1 atom stereocenters. The van der Waals surface area contributed by atoms with Crippen LogP contribution in [0, 0.1) is 18.3 Å². The van der Waals surface area contributed by atoms with E-state index >= 15 is 0 Å². The Morgan fingerprint density at radius 3 is 2.81 bits per heavy atom. The molecule has 0 spiro atoms. The number of anilines is 1. The van der Waals surface area contributed by atoms with Crippen molar-refractivity contribution < 1.29 is 4.74 Å². The summed E-state index contributed by atoms with van der Waals surface area (Å²) in [7, 11) is 0. The van der Waals surface area contributed by atoms with E-state index < -0.39 is 0 Å². The van der Waals surface area contributed by atoms with E-state index in [-0.39, 0.29) is 0 Å². The number of benzene rings is 2. The quantitative estimate of drug-likeness (QED) is 0.473. The van der Waals surface area contributed by atoms with E-state index in [4.69, 9.17) is 22.0 Å². The first-order chi connectivity index (χ1) is 15.7. The van der Waals surface area contributed by atoms with Crippen LogP contribution < -0.4 is 15.8 Å². The molecule has 0 bridgehead atoms. The fraction of sp³-hybridized carbons (Fsp3) is 0.240. The lowest BCUT2D eigenvalue weighted by molar-refractivity contribution is 0.329. The predicted molar refractivity (Wildman–Crippen MR) is 125 cm³/mol. The van der Waals surface area contributed by atoms with Gasteiger partial charge in [0.2, 0.25) is 0 Å². The van der Waals surface area contributed by atoms with E-state index in [0.717, 1.165) is 47.5 Å². The van der Waals surface area contributed by atoms with Gasteiger partial charge in [-0.1, -0.05) is 12.0 Å². The van der Waals surface area contributed by atoms with Gasteiger partial charge < -0.3 is 15.8 Å². The van der Waals surface area contributed by atoms with Gasteiger partial charge in [0, 0.05) is 17.7 Å². The van der Waals surface area contributed by atoms with Crippen molar-refractivity contribution in [3.8, 4) is 35.1 Å². The molecular formula is C25H24N6O. The first kappa shape index (κ1) is 20.0. The van der Waals surface area contributed by atoms with Crippen LogP contribution >= 0.6 is 0 Å². The summed E-state index contributed by atoms with van der Waals surface area (Å²) < 4.78 is 7.92. The van der Waals surface area contributed by atoms with E-state index in [1.165, 1.54) is 19.2 Å². The Balaban J connectivity index is 1.45. The smallest absolute Gasteiger partial charge is 0.163 e. The number of fused-ring (bicyclic) bond motifs is 1. The number of nitrogens with one attached hydrogen (secondary N) is 1. The molecule has 2 aromatic carbocycles. The van der Waals surface area contributed by atoms with Crippen molar-refractivity contribution in [2.24, 2.45) is 5.92 Å². The number of aromatic nitrogens is 4. The molecule has 7 heteroatoms. The molecule has 1 fully saturated rings. The molecule has 3 N–H and O–H groups in total. The van der Waals surface area contributed by atoms with Crippen LogP contribution in [0.3, 0.4) is 0 Å². The standard InChI is InChI=1S/C25H24N6O/c1-2-17-5-3-7-21(13-17)32-20-10-8-19(9-11-20)23-22-24(26)28-16-29-25(22)31(30-23)15-18-6-4-12-27-14-18/h1,3,5,7-11,13,16,18,27H,4,6,12,14-15H2,(H2,26,28,29)/t18-/m1/s1. The number of rotatable bonds is 5. The van der Waals surface area contributed by atoms with Gasteiger partial charge in [-0.05, 0) is 74.3 Å². The van der Waals surface area contributed by atoms with Crippen molar-refractivity contribution in [3.63, 3.8) is 0 Å². The van der Waals surface area contributed by atoms with E-state index in [0.29, 0.717) is 23.2 Å². The summed E-state index contributed by atoms with van der Waals surface area (Å²) in [5.74, 6) is 4.98. The molecule has 3 heterocycles. The van der Waals surface area contributed by atoms with Gasteiger partial charge in [-0.3, -0.25) is 0 Å². The molecular weight excluding hydrogens is 400 g/mol. The summed E-state index contributed by atoms with van der Waals surface area (Å²) in [4.78, 5) is 8.69. The molecule has 160 valence electrons. The minimum absolute atomic E-state index is 0.435. The van der Waals surface area contributed by atoms with Crippen molar-refractivity contribution >= 4 is 16.9 Å². The molecule has 32 heavy (non-hydrogen) atoms. The Morgan fingerprint density at radius 1 is 1.16 bits per heavy atom. The number of nitrogen functional groups attached to an aromatic ring is 1. The number of terminal acetylenes is 1. The molecule has 4 aromatic rings. The van der Waals surface area contributed by atoms with Crippen LogP contribution in [0.25, 0.3) is 22.3 Å². The maximum atomic E-state index is 6.24. The van der Waals surface area contributed by atoms with E-state index in [1.807, 2.05) is 53.2 Å². The highest BCUT2D eigenvalue weighted by Gasteiger charge is 2.20. The Bertz CT molecular complexity index is 1280. The van der Waals surface area contributed by atoms with Gasteiger partial charge in [-0.15, -0.1) is 6.42 Å². The lowest BCUT2D eigenvalue weighted by atomic mass is 10.00. The first-order valence-corrected chi connectivity index (χ1v) is 10.7. The Hall–Kier alpha value is -3.89. The topological polar surface area (TPSA) is 90.9 Å². The first-order valence-electron chi connectivity index (χ1n) is 10.7. The van der Waals surface area contributed by atoms with Gasteiger partial charge in [0.25, 0.3) is 0 Å². The third-order valence-electron chi connectivity index (χ3n) is 5.75. The van der Waals surface area contributed by atoms with Crippen molar-refractivity contribution in [2.75, 3.05) is 18.8 Å². The number of hydrogen-bond donors (Lipinski definition) is 2. The van der Waals surface area contributed by atoms with Crippen molar-refractivity contribution in [1.82, 2.24) is 25.1 Å². The van der Waals surface area contributed by atoms with Gasteiger partial charge in [0.1, 0.15) is 29.3 Å². The van der Waals surface area contributed by atoms with Crippen LogP contribution in [-0.4, -0.2) is 32.8 Å². The maximum absolute atomic E-state index is 6.24. The van der Waals surface area contributed by atoms with Crippen LogP contribution in [0.1, 0.15) is 18.4 Å². The fourth-order valence-corrected chi connectivity index (χ4v) is 4.15. The number of nitrogens with zero attached hydrogens (tertiary/aromatic N) is 4. The second kappa shape index (κ2) is 8.69. The maximum Gasteiger partial charge on any atom is 0.163 e. The van der Waals surface area contributed by atoms with Gasteiger partial charge in [-0.25, -0.2) is 14.6 Å². The Labute approximate surface area is 186 Å². The number of ether oxygens (including phenoxy) is 1. The minimum atomic E-state index is 0.435. The number of nitrogens with two attached hydrogens (primary N) is 1. The summed E-state index contributed by atoms with van der Waals surface area (Å²) in [5.41, 5.74) is 9.50.